The number of amides is 2. The van der Waals surface area contributed by atoms with Gasteiger partial charge in [0, 0.05) is 19.1 Å². The van der Waals surface area contributed by atoms with E-state index in [4.69, 9.17) is 0 Å². The molecule has 1 aromatic rings. The number of aromatic nitrogens is 2. The number of hydrogen-bond donors (Lipinski definition) is 1. The quantitative estimate of drug-likeness (QED) is 0.895. The van der Waals surface area contributed by atoms with Crippen molar-refractivity contribution in [1.82, 2.24) is 20.0 Å². The predicted molar refractivity (Wildman–Crippen MR) is 74.3 cm³/mol. The normalized spacial score (nSPS) is 24.6. The van der Waals surface area contributed by atoms with E-state index in [1.165, 1.54) is 43.7 Å². The zero-order chi connectivity index (χ0) is 13.1. The van der Waals surface area contributed by atoms with Gasteiger partial charge < -0.3 is 4.90 Å². The highest BCUT2D eigenvalue weighted by Crippen LogP contribution is 2.21. The molecule has 2 saturated heterocycles. The Hall–Kier alpha value is -1.21. The molecule has 0 spiro atoms. The van der Waals surface area contributed by atoms with Crippen molar-refractivity contribution in [2.75, 3.05) is 31.5 Å². The van der Waals surface area contributed by atoms with Gasteiger partial charge in [0.1, 0.15) is 5.51 Å². The summed E-state index contributed by atoms with van der Waals surface area (Å²) in [7, 11) is 0. The summed E-state index contributed by atoms with van der Waals surface area (Å²) in [6.45, 7) is 4.06. The van der Waals surface area contributed by atoms with E-state index < -0.39 is 0 Å². The van der Waals surface area contributed by atoms with Crippen molar-refractivity contribution in [3.63, 3.8) is 0 Å². The summed E-state index contributed by atoms with van der Waals surface area (Å²) in [6.07, 6.45) is 4.90. The topological polar surface area (TPSA) is 61.4 Å². The van der Waals surface area contributed by atoms with Crippen molar-refractivity contribution >= 4 is 22.5 Å². The molecule has 104 valence electrons. The molecule has 1 unspecified atom stereocenters. The van der Waals surface area contributed by atoms with Crippen LogP contribution < -0.4 is 5.32 Å². The Balaban J connectivity index is 1.56. The molecule has 19 heavy (non-hydrogen) atoms. The second kappa shape index (κ2) is 5.83. The molecular weight excluding hydrogens is 262 g/mol. The fraction of sp³-hybridized carbons (Fsp3) is 0.750. The predicted octanol–water partition coefficient (Wildman–Crippen LogP) is 1.63. The van der Waals surface area contributed by atoms with Crippen LogP contribution >= 0.6 is 11.3 Å². The third kappa shape index (κ3) is 3.03. The number of anilines is 1. The lowest BCUT2D eigenvalue weighted by Crippen LogP contribution is -2.50. The number of hydrogen-bond acceptors (Lipinski definition) is 5. The van der Waals surface area contributed by atoms with Crippen LogP contribution in [0, 0.1) is 0 Å². The third-order valence-electron chi connectivity index (χ3n) is 3.91. The van der Waals surface area contributed by atoms with Gasteiger partial charge >= 0.3 is 6.03 Å². The molecule has 1 aromatic heterocycles. The van der Waals surface area contributed by atoms with Crippen LogP contribution in [0.1, 0.15) is 25.7 Å². The minimum atomic E-state index is -0.0411. The number of piperidine rings is 1. The minimum Gasteiger partial charge on any atom is -0.323 e. The van der Waals surface area contributed by atoms with E-state index >= 15 is 0 Å². The molecular formula is C12H19N5OS. The van der Waals surface area contributed by atoms with Crippen LogP contribution in [0.3, 0.4) is 0 Å². The van der Waals surface area contributed by atoms with E-state index in [1.807, 2.05) is 4.90 Å². The van der Waals surface area contributed by atoms with Gasteiger partial charge in [-0.15, -0.1) is 10.2 Å². The molecule has 0 aliphatic carbocycles. The lowest BCUT2D eigenvalue weighted by atomic mass is 10.0. The molecule has 0 saturated carbocycles. The van der Waals surface area contributed by atoms with Crippen LogP contribution in [0.15, 0.2) is 5.51 Å². The van der Waals surface area contributed by atoms with E-state index in [0.29, 0.717) is 11.2 Å². The highest BCUT2D eigenvalue weighted by Gasteiger charge is 2.29. The summed E-state index contributed by atoms with van der Waals surface area (Å²) in [4.78, 5) is 16.6. The first-order valence-electron chi connectivity index (χ1n) is 6.89. The Kier molecular flexibility index (Phi) is 3.93. The van der Waals surface area contributed by atoms with E-state index in [0.717, 1.165) is 19.5 Å². The highest BCUT2D eigenvalue weighted by atomic mass is 32.1. The molecule has 3 heterocycles. The summed E-state index contributed by atoms with van der Waals surface area (Å²) in [6, 6.07) is 0.497. The monoisotopic (exact) mass is 281 g/mol. The Bertz CT molecular complexity index is 418. The number of urea groups is 1. The van der Waals surface area contributed by atoms with Gasteiger partial charge in [0.15, 0.2) is 0 Å². The van der Waals surface area contributed by atoms with Gasteiger partial charge in [0.2, 0.25) is 5.13 Å². The van der Waals surface area contributed by atoms with Crippen LogP contribution in [0.25, 0.3) is 0 Å². The Morgan fingerprint density at radius 2 is 2.16 bits per heavy atom. The average molecular weight is 281 g/mol. The first kappa shape index (κ1) is 12.8. The molecule has 1 N–H and O–H groups in total. The fourth-order valence-electron chi connectivity index (χ4n) is 2.94. The van der Waals surface area contributed by atoms with Crippen molar-refractivity contribution in [3.8, 4) is 0 Å². The second-order valence-electron chi connectivity index (χ2n) is 5.16. The Morgan fingerprint density at radius 3 is 2.89 bits per heavy atom. The number of rotatable bonds is 2. The molecule has 0 bridgehead atoms. The van der Waals surface area contributed by atoms with Gasteiger partial charge in [-0.2, -0.15) is 0 Å². The summed E-state index contributed by atoms with van der Waals surface area (Å²) < 4.78 is 0. The van der Waals surface area contributed by atoms with Gasteiger partial charge in [-0.3, -0.25) is 10.2 Å². The summed E-state index contributed by atoms with van der Waals surface area (Å²) in [5.41, 5.74) is 1.62. The molecule has 0 radical (unpaired) electrons. The van der Waals surface area contributed by atoms with Crippen LogP contribution in [0.2, 0.25) is 0 Å². The smallest absolute Gasteiger partial charge is 0.323 e. The molecule has 0 aromatic carbocycles. The SMILES string of the molecule is O=C(Nc1nncs1)N1CCCC(N2CCCC2)C1. The number of nitrogens with one attached hydrogen (secondary N) is 1. The summed E-state index contributed by atoms with van der Waals surface area (Å²) in [5.74, 6) is 0. The van der Waals surface area contributed by atoms with Crippen molar-refractivity contribution in [2.45, 2.75) is 31.7 Å². The number of carbonyl (C=O) groups is 1. The van der Waals surface area contributed by atoms with Crippen molar-refractivity contribution < 1.29 is 4.79 Å². The van der Waals surface area contributed by atoms with Crippen LogP contribution in [-0.2, 0) is 0 Å². The standard InChI is InChI=1S/C12H19N5OS/c18-12(14-11-15-13-9-19-11)17-7-3-4-10(8-17)16-5-1-2-6-16/h9-10H,1-8H2,(H,14,15,18). The molecule has 2 aliphatic rings. The Labute approximate surface area is 116 Å². The number of carbonyl (C=O) groups excluding carboxylic acids is 1. The first-order chi connectivity index (χ1) is 9.33. The number of nitrogens with zero attached hydrogens (tertiary/aromatic N) is 4. The van der Waals surface area contributed by atoms with E-state index in [-0.39, 0.29) is 6.03 Å². The van der Waals surface area contributed by atoms with Crippen molar-refractivity contribution in [1.29, 1.82) is 0 Å². The molecule has 2 fully saturated rings. The Morgan fingerprint density at radius 1 is 1.32 bits per heavy atom. The first-order valence-corrected chi connectivity index (χ1v) is 7.77. The van der Waals surface area contributed by atoms with Crippen LogP contribution in [-0.4, -0.2) is 58.2 Å². The van der Waals surface area contributed by atoms with Gasteiger partial charge in [0.25, 0.3) is 0 Å². The number of likely N-dealkylation sites (tertiary alicyclic amines) is 2. The largest absolute Gasteiger partial charge is 0.323 e. The molecule has 1 atom stereocenters. The molecule has 2 amide bonds. The minimum absolute atomic E-state index is 0.0411. The fourth-order valence-corrected chi connectivity index (χ4v) is 3.38. The van der Waals surface area contributed by atoms with Gasteiger partial charge in [-0.1, -0.05) is 11.3 Å². The van der Waals surface area contributed by atoms with Crippen molar-refractivity contribution in [3.05, 3.63) is 5.51 Å². The van der Waals surface area contributed by atoms with Crippen LogP contribution in [0.4, 0.5) is 9.93 Å². The summed E-state index contributed by atoms with van der Waals surface area (Å²) >= 11 is 1.35. The lowest BCUT2D eigenvalue weighted by Gasteiger charge is -2.37. The molecule has 3 rings (SSSR count). The third-order valence-corrected chi connectivity index (χ3v) is 4.52. The average Bonchev–Trinajstić information content (AvgIpc) is 3.12. The second-order valence-corrected chi connectivity index (χ2v) is 5.99. The van der Waals surface area contributed by atoms with Gasteiger partial charge in [-0.05, 0) is 38.8 Å². The van der Waals surface area contributed by atoms with Gasteiger partial charge in [-0.25, -0.2) is 4.79 Å². The van der Waals surface area contributed by atoms with E-state index in [1.54, 1.807) is 5.51 Å². The maximum Gasteiger partial charge on any atom is 0.323 e. The zero-order valence-electron chi connectivity index (χ0n) is 10.9. The van der Waals surface area contributed by atoms with Crippen molar-refractivity contribution in [2.24, 2.45) is 0 Å². The maximum atomic E-state index is 12.2. The zero-order valence-corrected chi connectivity index (χ0v) is 11.7. The van der Waals surface area contributed by atoms with E-state index in [2.05, 4.69) is 20.4 Å². The molecule has 7 heteroatoms. The molecule has 2 aliphatic heterocycles. The van der Waals surface area contributed by atoms with E-state index in [9.17, 15) is 4.79 Å². The summed E-state index contributed by atoms with van der Waals surface area (Å²) in [5, 5.41) is 11.0. The van der Waals surface area contributed by atoms with Crippen LogP contribution in [0.5, 0.6) is 0 Å². The molecule has 6 nitrogen and oxygen atoms in total. The highest BCUT2D eigenvalue weighted by molar-refractivity contribution is 7.13. The lowest BCUT2D eigenvalue weighted by molar-refractivity contribution is 0.132. The maximum absolute atomic E-state index is 12.2. The van der Waals surface area contributed by atoms with Gasteiger partial charge in [0.05, 0.1) is 0 Å².